The number of ether oxygens (including phenoxy) is 4. The number of pyridine rings is 1. The van der Waals surface area contributed by atoms with Crippen molar-refractivity contribution in [3.8, 4) is 0 Å². The van der Waals surface area contributed by atoms with Gasteiger partial charge in [0, 0.05) is 6.20 Å². The van der Waals surface area contributed by atoms with Crippen molar-refractivity contribution in [2.75, 3.05) is 27.4 Å². The van der Waals surface area contributed by atoms with Crippen LogP contribution in [0, 0.1) is 0 Å². The summed E-state index contributed by atoms with van der Waals surface area (Å²) in [7, 11) is 2.30. The Labute approximate surface area is 125 Å². The number of nitrogens with zero attached hydrogens (tertiary/aromatic N) is 1. The second-order valence-corrected chi connectivity index (χ2v) is 3.73. The van der Waals surface area contributed by atoms with Crippen LogP contribution in [0.15, 0.2) is 18.3 Å². The maximum atomic E-state index is 11.7. The van der Waals surface area contributed by atoms with Crippen LogP contribution in [-0.2, 0) is 28.5 Å². The highest BCUT2D eigenvalue weighted by molar-refractivity contribution is 5.95. The Morgan fingerprint density at radius 1 is 0.955 bits per heavy atom. The fraction of sp³-hybridized carbons (Fsp3) is 0.308. The lowest BCUT2D eigenvalue weighted by molar-refractivity contribution is -0.144. The summed E-state index contributed by atoms with van der Waals surface area (Å²) in [5, 5.41) is 0. The van der Waals surface area contributed by atoms with Crippen LogP contribution in [-0.4, -0.2) is 56.3 Å². The molecule has 0 amide bonds. The summed E-state index contributed by atoms with van der Waals surface area (Å²) in [5.74, 6) is -3.20. The summed E-state index contributed by atoms with van der Waals surface area (Å²) in [6, 6.07) is 2.40. The number of carbonyl (C=O) groups excluding carboxylic acids is 4. The minimum atomic E-state index is -0.909. The van der Waals surface area contributed by atoms with E-state index in [0.717, 1.165) is 20.3 Å². The monoisotopic (exact) mass is 311 g/mol. The van der Waals surface area contributed by atoms with Crippen LogP contribution < -0.4 is 0 Å². The van der Waals surface area contributed by atoms with Crippen LogP contribution in [0.3, 0.4) is 0 Å². The number of aromatic nitrogens is 1. The van der Waals surface area contributed by atoms with Crippen LogP contribution in [0.2, 0.25) is 0 Å². The van der Waals surface area contributed by atoms with E-state index < -0.39 is 37.1 Å². The fourth-order valence-corrected chi connectivity index (χ4v) is 1.19. The van der Waals surface area contributed by atoms with Crippen molar-refractivity contribution in [1.82, 2.24) is 4.98 Å². The summed E-state index contributed by atoms with van der Waals surface area (Å²) < 4.78 is 17.9. The molecule has 0 radical (unpaired) electrons. The summed E-state index contributed by atoms with van der Waals surface area (Å²) in [6.07, 6.45) is 1.18. The molecule has 0 aliphatic heterocycles. The quantitative estimate of drug-likeness (QED) is 0.517. The number of methoxy groups -OCH3 is 2. The first-order valence-electron chi connectivity index (χ1n) is 5.92. The third kappa shape index (κ3) is 5.19. The Kier molecular flexibility index (Phi) is 6.48. The van der Waals surface area contributed by atoms with Gasteiger partial charge >= 0.3 is 23.9 Å². The third-order valence-corrected chi connectivity index (χ3v) is 2.30. The molecule has 118 valence electrons. The van der Waals surface area contributed by atoms with E-state index in [4.69, 9.17) is 0 Å². The molecule has 0 bridgehead atoms. The molecule has 0 spiro atoms. The van der Waals surface area contributed by atoms with Crippen LogP contribution >= 0.6 is 0 Å². The van der Waals surface area contributed by atoms with E-state index in [2.05, 4.69) is 23.9 Å². The van der Waals surface area contributed by atoms with Crippen LogP contribution in [0.1, 0.15) is 20.8 Å². The van der Waals surface area contributed by atoms with Crippen molar-refractivity contribution in [3.63, 3.8) is 0 Å². The Hall–Kier alpha value is -2.97. The van der Waals surface area contributed by atoms with Gasteiger partial charge in [0.15, 0.2) is 13.2 Å². The van der Waals surface area contributed by atoms with Crippen LogP contribution in [0.25, 0.3) is 0 Å². The predicted molar refractivity (Wildman–Crippen MR) is 68.8 cm³/mol. The lowest BCUT2D eigenvalue weighted by Crippen LogP contribution is -2.17. The molecule has 1 heterocycles. The maximum Gasteiger partial charge on any atom is 0.357 e. The lowest BCUT2D eigenvalue weighted by Gasteiger charge is -2.05. The molecular formula is C13H13NO8. The van der Waals surface area contributed by atoms with E-state index in [0.29, 0.717) is 0 Å². The number of rotatable bonds is 6. The highest BCUT2D eigenvalue weighted by atomic mass is 16.6. The highest BCUT2D eigenvalue weighted by Crippen LogP contribution is 2.06. The van der Waals surface area contributed by atoms with Gasteiger partial charge in [-0.25, -0.2) is 24.2 Å². The molecule has 1 aromatic rings. The topological polar surface area (TPSA) is 118 Å². The second-order valence-electron chi connectivity index (χ2n) is 3.73. The second kappa shape index (κ2) is 8.35. The first-order chi connectivity index (χ1) is 10.5. The van der Waals surface area contributed by atoms with Gasteiger partial charge in [0.05, 0.1) is 19.8 Å². The molecule has 0 atom stereocenters. The lowest BCUT2D eigenvalue weighted by atomic mass is 10.2. The zero-order valence-corrected chi connectivity index (χ0v) is 11.9. The Balaban J connectivity index is 2.68. The van der Waals surface area contributed by atoms with E-state index in [1.165, 1.54) is 12.3 Å². The van der Waals surface area contributed by atoms with Gasteiger partial charge in [-0.3, -0.25) is 0 Å². The summed E-state index contributed by atoms with van der Waals surface area (Å²) in [5.41, 5.74) is -0.208. The molecule has 0 saturated carbocycles. The van der Waals surface area contributed by atoms with Gasteiger partial charge in [-0.15, -0.1) is 0 Å². The van der Waals surface area contributed by atoms with Crippen molar-refractivity contribution < 1.29 is 38.1 Å². The number of carbonyl (C=O) groups is 4. The molecule has 0 unspecified atom stereocenters. The van der Waals surface area contributed by atoms with Crippen molar-refractivity contribution >= 4 is 23.9 Å². The average Bonchev–Trinajstić information content (AvgIpc) is 2.56. The van der Waals surface area contributed by atoms with Crippen molar-refractivity contribution in [1.29, 1.82) is 0 Å². The summed E-state index contributed by atoms with van der Waals surface area (Å²) in [4.78, 5) is 48.7. The molecule has 0 aliphatic carbocycles. The molecular weight excluding hydrogens is 298 g/mol. The van der Waals surface area contributed by atoms with Gasteiger partial charge in [0.25, 0.3) is 0 Å². The van der Waals surface area contributed by atoms with Crippen molar-refractivity contribution in [3.05, 3.63) is 29.6 Å². The first-order valence-corrected chi connectivity index (χ1v) is 5.92. The first kappa shape index (κ1) is 17.1. The Morgan fingerprint density at radius 3 is 2.05 bits per heavy atom. The molecule has 0 aromatic carbocycles. The third-order valence-electron chi connectivity index (χ3n) is 2.30. The zero-order chi connectivity index (χ0) is 16.5. The molecule has 1 aromatic heterocycles. The van der Waals surface area contributed by atoms with Gasteiger partial charge in [-0.1, -0.05) is 0 Å². The Bertz CT molecular complexity index is 536. The number of esters is 4. The summed E-state index contributed by atoms with van der Waals surface area (Å²) in [6.45, 7) is -1.13. The van der Waals surface area contributed by atoms with E-state index in [-0.39, 0.29) is 11.3 Å². The van der Waals surface area contributed by atoms with Gasteiger partial charge in [0.1, 0.15) is 5.69 Å². The van der Waals surface area contributed by atoms with E-state index in [9.17, 15) is 19.2 Å². The van der Waals surface area contributed by atoms with Crippen molar-refractivity contribution in [2.24, 2.45) is 0 Å². The maximum absolute atomic E-state index is 11.7. The molecule has 9 nitrogen and oxygen atoms in total. The summed E-state index contributed by atoms with van der Waals surface area (Å²) >= 11 is 0. The largest absolute Gasteiger partial charge is 0.466 e. The van der Waals surface area contributed by atoms with E-state index in [1.807, 2.05) is 0 Å². The van der Waals surface area contributed by atoms with E-state index in [1.54, 1.807) is 0 Å². The highest BCUT2D eigenvalue weighted by Gasteiger charge is 2.16. The average molecular weight is 311 g/mol. The molecule has 22 heavy (non-hydrogen) atoms. The van der Waals surface area contributed by atoms with Crippen LogP contribution in [0.4, 0.5) is 0 Å². The van der Waals surface area contributed by atoms with Crippen LogP contribution in [0.5, 0.6) is 0 Å². The standard InChI is InChI=1S/C13H13NO8/c1-19-10(15)6-21-12(17)8-3-4-14-9(5-8)13(18)22-7-11(16)20-2/h3-5H,6-7H2,1-2H3. The van der Waals surface area contributed by atoms with Gasteiger partial charge in [-0.05, 0) is 12.1 Å². The predicted octanol–water partition coefficient (Wildman–Crippen LogP) is -0.259. The smallest absolute Gasteiger partial charge is 0.357 e. The minimum Gasteiger partial charge on any atom is -0.466 e. The zero-order valence-electron chi connectivity index (χ0n) is 11.9. The molecule has 0 N–H and O–H groups in total. The van der Waals surface area contributed by atoms with Gasteiger partial charge in [0.2, 0.25) is 0 Å². The fourth-order valence-electron chi connectivity index (χ4n) is 1.19. The Morgan fingerprint density at radius 2 is 1.50 bits per heavy atom. The van der Waals surface area contributed by atoms with Crippen molar-refractivity contribution in [2.45, 2.75) is 0 Å². The number of hydrogen-bond acceptors (Lipinski definition) is 9. The molecule has 0 aliphatic rings. The SMILES string of the molecule is COC(=O)COC(=O)c1ccnc(C(=O)OCC(=O)OC)c1. The molecule has 9 heteroatoms. The minimum absolute atomic E-state index is 0.0103. The normalized spacial score (nSPS) is 9.55. The molecule has 0 fully saturated rings. The number of hydrogen-bond donors (Lipinski definition) is 0. The van der Waals surface area contributed by atoms with E-state index >= 15 is 0 Å². The van der Waals surface area contributed by atoms with Gasteiger partial charge < -0.3 is 18.9 Å². The molecule has 1 rings (SSSR count). The van der Waals surface area contributed by atoms with Gasteiger partial charge in [-0.2, -0.15) is 0 Å². The molecule has 0 saturated heterocycles.